The fourth-order valence-corrected chi connectivity index (χ4v) is 5.04. The molecule has 0 heterocycles. The molecule has 1 saturated carbocycles. The van der Waals surface area contributed by atoms with E-state index in [1.54, 1.807) is 0 Å². The Balaban J connectivity index is 1.33. The fourth-order valence-electron chi connectivity index (χ4n) is 5.04. The zero-order valence-corrected chi connectivity index (χ0v) is 18.8. The molecule has 2 aliphatic carbocycles. The number of alkyl carbamates (subject to hydrolysis) is 1. The number of ether oxygens (including phenoxy) is 1. The first-order chi connectivity index (χ1) is 16.0. The van der Waals surface area contributed by atoms with Gasteiger partial charge in [0.25, 0.3) is 0 Å². The van der Waals surface area contributed by atoms with E-state index in [9.17, 15) is 14.4 Å². The lowest BCUT2D eigenvalue weighted by Gasteiger charge is -2.31. The number of hydrogen-bond donors (Lipinski definition) is 3. The van der Waals surface area contributed by atoms with Gasteiger partial charge in [-0.05, 0) is 47.9 Å². The van der Waals surface area contributed by atoms with Crippen LogP contribution in [0.3, 0.4) is 0 Å². The molecule has 2 amide bonds. The van der Waals surface area contributed by atoms with Gasteiger partial charge in [0.1, 0.15) is 12.6 Å². The van der Waals surface area contributed by atoms with Crippen molar-refractivity contribution in [2.45, 2.75) is 44.6 Å². The number of fused-ring (bicyclic) bond motifs is 3. The molecule has 4 rings (SSSR count). The second-order valence-corrected chi connectivity index (χ2v) is 8.93. The molecule has 3 atom stereocenters. The van der Waals surface area contributed by atoms with Crippen LogP contribution in [0, 0.1) is 11.8 Å². The highest BCUT2D eigenvalue weighted by Crippen LogP contribution is 2.44. The first-order valence-electron chi connectivity index (χ1n) is 11.6. The molecule has 0 spiro atoms. The smallest absolute Gasteiger partial charge is 0.407 e. The summed E-state index contributed by atoms with van der Waals surface area (Å²) in [6.45, 7) is 2.02. The number of nitrogens with one attached hydrogen (secondary N) is 2. The van der Waals surface area contributed by atoms with Crippen LogP contribution in [0.4, 0.5) is 4.79 Å². The Morgan fingerprint density at radius 1 is 1.00 bits per heavy atom. The average Bonchev–Trinajstić information content (AvgIpc) is 3.15. The highest BCUT2D eigenvalue weighted by atomic mass is 16.5. The van der Waals surface area contributed by atoms with Crippen molar-refractivity contribution in [2.24, 2.45) is 11.8 Å². The van der Waals surface area contributed by atoms with Gasteiger partial charge in [0.05, 0.1) is 0 Å². The van der Waals surface area contributed by atoms with Gasteiger partial charge < -0.3 is 20.5 Å². The maximum Gasteiger partial charge on any atom is 0.407 e. The van der Waals surface area contributed by atoms with Crippen LogP contribution in [0.1, 0.15) is 49.7 Å². The summed E-state index contributed by atoms with van der Waals surface area (Å²) in [6, 6.07) is 15.4. The third kappa shape index (κ3) is 5.02. The largest absolute Gasteiger partial charge is 0.480 e. The molecule has 7 heteroatoms. The summed E-state index contributed by atoms with van der Waals surface area (Å²) in [5, 5.41) is 14.4. The number of aliphatic carboxylic acids is 1. The van der Waals surface area contributed by atoms with Crippen molar-refractivity contribution in [1.82, 2.24) is 10.6 Å². The number of amides is 2. The first kappa shape index (κ1) is 22.8. The van der Waals surface area contributed by atoms with E-state index in [-0.39, 0.29) is 30.3 Å². The van der Waals surface area contributed by atoms with Crippen LogP contribution in [0.15, 0.2) is 48.5 Å². The molecular weight excluding hydrogens is 420 g/mol. The topological polar surface area (TPSA) is 105 Å². The standard InChI is InChI=1S/C26H30N2O5/c1-16(25(30)31)28-24(29)18-9-3-2-8-17(18)14-27-26(32)33-15-23-21-12-6-4-10-19(21)20-11-5-7-13-22(20)23/h4-7,10-13,16-18,23H,2-3,8-9,14-15H2,1H3,(H,27,32)(H,28,29)(H,30,31)/t16-,17?,18?/m0/s1. The molecule has 0 aromatic heterocycles. The summed E-state index contributed by atoms with van der Waals surface area (Å²) in [5.74, 6) is -1.68. The van der Waals surface area contributed by atoms with E-state index >= 15 is 0 Å². The van der Waals surface area contributed by atoms with Crippen LogP contribution in [-0.2, 0) is 14.3 Å². The second-order valence-electron chi connectivity index (χ2n) is 8.93. The Hall–Kier alpha value is -3.35. The minimum atomic E-state index is -1.06. The van der Waals surface area contributed by atoms with Gasteiger partial charge in [-0.2, -0.15) is 0 Å². The van der Waals surface area contributed by atoms with Crippen LogP contribution in [-0.4, -0.2) is 42.3 Å². The lowest BCUT2D eigenvalue weighted by atomic mass is 9.78. The second kappa shape index (κ2) is 10.1. The molecule has 174 valence electrons. The van der Waals surface area contributed by atoms with Crippen LogP contribution in [0.5, 0.6) is 0 Å². The summed E-state index contributed by atoms with van der Waals surface area (Å²) in [6.07, 6.45) is 2.90. The maximum atomic E-state index is 12.6. The molecule has 0 bridgehead atoms. The van der Waals surface area contributed by atoms with Gasteiger partial charge in [0.2, 0.25) is 5.91 Å². The Labute approximate surface area is 193 Å². The van der Waals surface area contributed by atoms with Crippen molar-refractivity contribution < 1.29 is 24.2 Å². The van der Waals surface area contributed by atoms with Crippen LogP contribution in [0.2, 0.25) is 0 Å². The number of carboxylic acids is 1. The first-order valence-corrected chi connectivity index (χ1v) is 11.6. The van der Waals surface area contributed by atoms with Gasteiger partial charge in [0, 0.05) is 18.4 Å². The number of rotatable bonds is 7. The normalized spacial score (nSPS) is 20.3. The summed E-state index contributed by atoms with van der Waals surface area (Å²) in [5.41, 5.74) is 4.66. The molecule has 33 heavy (non-hydrogen) atoms. The minimum Gasteiger partial charge on any atom is -0.480 e. The van der Waals surface area contributed by atoms with Gasteiger partial charge in [-0.3, -0.25) is 9.59 Å². The van der Waals surface area contributed by atoms with E-state index in [2.05, 4.69) is 34.9 Å². The summed E-state index contributed by atoms with van der Waals surface area (Å²) in [4.78, 5) is 36.1. The van der Waals surface area contributed by atoms with E-state index in [0.29, 0.717) is 13.0 Å². The molecule has 2 aromatic rings. The van der Waals surface area contributed by atoms with E-state index in [1.807, 2.05) is 24.3 Å². The average molecular weight is 451 g/mol. The van der Waals surface area contributed by atoms with Gasteiger partial charge in [0.15, 0.2) is 0 Å². The van der Waals surface area contributed by atoms with E-state index in [1.165, 1.54) is 18.1 Å². The maximum absolute atomic E-state index is 12.6. The Kier molecular flexibility index (Phi) is 6.96. The molecule has 0 radical (unpaired) electrons. The zero-order valence-electron chi connectivity index (χ0n) is 18.8. The van der Waals surface area contributed by atoms with E-state index in [0.717, 1.165) is 30.4 Å². The van der Waals surface area contributed by atoms with Crippen molar-refractivity contribution in [1.29, 1.82) is 0 Å². The van der Waals surface area contributed by atoms with E-state index < -0.39 is 18.1 Å². The summed E-state index contributed by atoms with van der Waals surface area (Å²) >= 11 is 0. The number of benzene rings is 2. The Morgan fingerprint density at radius 2 is 1.61 bits per heavy atom. The predicted molar refractivity (Wildman–Crippen MR) is 124 cm³/mol. The third-order valence-corrected chi connectivity index (χ3v) is 6.83. The van der Waals surface area contributed by atoms with Crippen molar-refractivity contribution in [3.63, 3.8) is 0 Å². The number of hydrogen-bond acceptors (Lipinski definition) is 4. The molecule has 2 aromatic carbocycles. The van der Waals surface area contributed by atoms with Crippen LogP contribution < -0.4 is 10.6 Å². The Morgan fingerprint density at radius 3 is 2.24 bits per heavy atom. The molecule has 0 saturated heterocycles. The van der Waals surface area contributed by atoms with Crippen LogP contribution >= 0.6 is 0 Å². The minimum absolute atomic E-state index is 0.00568. The van der Waals surface area contributed by atoms with Crippen molar-refractivity contribution in [3.8, 4) is 11.1 Å². The third-order valence-electron chi connectivity index (χ3n) is 6.83. The fraction of sp³-hybridized carbons (Fsp3) is 0.423. The SMILES string of the molecule is C[C@H](NC(=O)C1CCCCC1CNC(=O)OCC1c2ccccc2-c2ccccc21)C(=O)O. The van der Waals surface area contributed by atoms with E-state index in [4.69, 9.17) is 9.84 Å². The molecule has 3 N–H and O–H groups in total. The molecule has 2 unspecified atom stereocenters. The number of carbonyl (C=O) groups excluding carboxylic acids is 2. The zero-order chi connectivity index (χ0) is 23.4. The van der Waals surface area contributed by atoms with Crippen molar-refractivity contribution in [3.05, 3.63) is 59.7 Å². The van der Waals surface area contributed by atoms with Crippen LogP contribution in [0.25, 0.3) is 11.1 Å². The molecule has 2 aliphatic rings. The van der Waals surface area contributed by atoms with Crippen molar-refractivity contribution in [2.75, 3.05) is 13.2 Å². The van der Waals surface area contributed by atoms with Gasteiger partial charge >= 0.3 is 12.1 Å². The summed E-state index contributed by atoms with van der Waals surface area (Å²) in [7, 11) is 0. The monoisotopic (exact) mass is 450 g/mol. The highest BCUT2D eigenvalue weighted by Gasteiger charge is 2.33. The van der Waals surface area contributed by atoms with Gasteiger partial charge in [-0.1, -0.05) is 61.4 Å². The van der Waals surface area contributed by atoms with Gasteiger partial charge in [-0.25, -0.2) is 4.79 Å². The highest BCUT2D eigenvalue weighted by molar-refractivity contribution is 5.85. The quantitative estimate of drug-likeness (QED) is 0.593. The predicted octanol–water partition coefficient (Wildman–Crippen LogP) is 3.92. The lowest BCUT2D eigenvalue weighted by molar-refractivity contribution is -0.142. The summed E-state index contributed by atoms with van der Waals surface area (Å²) < 4.78 is 5.59. The molecule has 1 fully saturated rings. The Bertz CT molecular complexity index is 991. The molecule has 7 nitrogen and oxygen atoms in total. The lowest BCUT2D eigenvalue weighted by Crippen LogP contribution is -2.46. The number of carbonyl (C=O) groups is 3. The molecular formula is C26H30N2O5. The molecule has 0 aliphatic heterocycles. The van der Waals surface area contributed by atoms with Crippen molar-refractivity contribution >= 4 is 18.0 Å². The van der Waals surface area contributed by atoms with Gasteiger partial charge in [-0.15, -0.1) is 0 Å². The number of carboxylic acid groups (broad SMARTS) is 1.